The van der Waals surface area contributed by atoms with Crippen molar-refractivity contribution in [2.45, 2.75) is 6.92 Å². The minimum absolute atomic E-state index is 0.318. The molecule has 0 aliphatic carbocycles. The molecular weight excluding hydrogens is 138 g/mol. The van der Waals surface area contributed by atoms with Gasteiger partial charge in [-0.2, -0.15) is 0 Å². The van der Waals surface area contributed by atoms with Crippen molar-refractivity contribution in [1.82, 2.24) is 4.98 Å². The number of hydrogen-bond donors (Lipinski definition) is 0. The molecule has 0 radical (unpaired) electrons. The number of hydrogen-bond acceptors (Lipinski definition) is 2. The van der Waals surface area contributed by atoms with E-state index in [4.69, 9.17) is 6.42 Å². The lowest BCUT2D eigenvalue weighted by molar-refractivity contribution is 0.105. The average molecular weight is 145 g/mol. The summed E-state index contributed by atoms with van der Waals surface area (Å²) in [6, 6.07) is 1.72. The molecule has 0 aromatic carbocycles. The molecule has 1 rings (SSSR count). The Morgan fingerprint density at radius 1 is 1.64 bits per heavy atom. The minimum Gasteiger partial charge on any atom is -0.279 e. The van der Waals surface area contributed by atoms with Crippen molar-refractivity contribution < 1.29 is 4.79 Å². The minimum atomic E-state index is -0.318. The summed E-state index contributed by atoms with van der Waals surface area (Å²) >= 11 is 0. The van der Waals surface area contributed by atoms with Crippen LogP contribution in [0.4, 0.5) is 0 Å². The molecular formula is C9H7NO. The SMILES string of the molecule is C#CC(=O)c1cncc(C)c1. The third-order valence-corrected chi connectivity index (χ3v) is 1.27. The topological polar surface area (TPSA) is 30.0 Å². The van der Waals surface area contributed by atoms with Gasteiger partial charge >= 0.3 is 0 Å². The fourth-order valence-corrected chi connectivity index (χ4v) is 0.762. The summed E-state index contributed by atoms with van der Waals surface area (Å²) in [4.78, 5) is 14.7. The first-order valence-corrected chi connectivity index (χ1v) is 3.16. The van der Waals surface area contributed by atoms with Gasteiger partial charge in [-0.3, -0.25) is 9.78 Å². The first-order valence-electron chi connectivity index (χ1n) is 3.16. The van der Waals surface area contributed by atoms with Crippen molar-refractivity contribution in [1.29, 1.82) is 0 Å². The zero-order valence-electron chi connectivity index (χ0n) is 6.16. The fraction of sp³-hybridized carbons (Fsp3) is 0.111. The molecule has 0 aliphatic heterocycles. The number of rotatable bonds is 1. The van der Waals surface area contributed by atoms with E-state index in [0.717, 1.165) is 5.56 Å². The Morgan fingerprint density at radius 2 is 2.36 bits per heavy atom. The molecule has 1 aromatic rings. The second-order valence-corrected chi connectivity index (χ2v) is 2.22. The molecule has 0 saturated heterocycles. The smallest absolute Gasteiger partial charge is 0.237 e. The fourth-order valence-electron chi connectivity index (χ4n) is 0.762. The lowest BCUT2D eigenvalue weighted by Crippen LogP contribution is -1.95. The third kappa shape index (κ3) is 1.65. The highest BCUT2D eigenvalue weighted by molar-refractivity contribution is 6.08. The van der Waals surface area contributed by atoms with Crippen LogP contribution >= 0.6 is 0 Å². The predicted octanol–water partition coefficient (Wildman–Crippen LogP) is 1.21. The number of carbonyl (C=O) groups is 1. The third-order valence-electron chi connectivity index (χ3n) is 1.27. The first-order chi connectivity index (χ1) is 5.24. The highest BCUT2D eigenvalue weighted by Crippen LogP contribution is 2.00. The Labute approximate surface area is 65.3 Å². The molecule has 0 saturated carbocycles. The summed E-state index contributed by atoms with van der Waals surface area (Å²) in [7, 11) is 0. The highest BCUT2D eigenvalue weighted by Gasteiger charge is 2.00. The zero-order valence-corrected chi connectivity index (χ0v) is 6.16. The van der Waals surface area contributed by atoms with Crippen molar-refractivity contribution in [3.63, 3.8) is 0 Å². The summed E-state index contributed by atoms with van der Waals surface area (Å²) in [6.07, 6.45) is 8.07. The second-order valence-electron chi connectivity index (χ2n) is 2.22. The molecule has 0 aliphatic rings. The second kappa shape index (κ2) is 2.98. The van der Waals surface area contributed by atoms with Gasteiger partial charge in [0.15, 0.2) is 0 Å². The molecule has 11 heavy (non-hydrogen) atoms. The molecule has 1 aromatic heterocycles. The number of Topliss-reactive ketones (excluding diaryl/α,β-unsaturated/α-hetero) is 1. The normalized spacial score (nSPS) is 8.73. The zero-order chi connectivity index (χ0) is 8.27. The number of nitrogens with zero attached hydrogens (tertiary/aromatic N) is 1. The van der Waals surface area contributed by atoms with Crippen LogP contribution in [0.15, 0.2) is 18.5 Å². The quantitative estimate of drug-likeness (QED) is 0.337. The van der Waals surface area contributed by atoms with E-state index in [1.807, 2.05) is 12.8 Å². The van der Waals surface area contributed by atoms with E-state index in [1.54, 1.807) is 12.3 Å². The van der Waals surface area contributed by atoms with E-state index in [-0.39, 0.29) is 5.78 Å². The van der Waals surface area contributed by atoms with Crippen LogP contribution in [0.5, 0.6) is 0 Å². The lowest BCUT2D eigenvalue weighted by Gasteiger charge is -1.93. The van der Waals surface area contributed by atoms with Crippen LogP contribution in [-0.4, -0.2) is 10.8 Å². The van der Waals surface area contributed by atoms with Gasteiger partial charge in [-0.25, -0.2) is 0 Å². The van der Waals surface area contributed by atoms with E-state index in [2.05, 4.69) is 4.98 Å². The van der Waals surface area contributed by atoms with E-state index in [1.165, 1.54) is 6.20 Å². The van der Waals surface area contributed by atoms with Crippen molar-refractivity contribution in [2.75, 3.05) is 0 Å². The van der Waals surface area contributed by atoms with Crippen LogP contribution in [0, 0.1) is 19.3 Å². The van der Waals surface area contributed by atoms with Crippen LogP contribution in [0.2, 0.25) is 0 Å². The summed E-state index contributed by atoms with van der Waals surface area (Å²) in [5.74, 6) is 1.71. The average Bonchev–Trinajstić information content (AvgIpc) is 2.03. The lowest BCUT2D eigenvalue weighted by atomic mass is 10.1. The maximum absolute atomic E-state index is 10.9. The largest absolute Gasteiger partial charge is 0.279 e. The molecule has 2 nitrogen and oxygen atoms in total. The van der Waals surface area contributed by atoms with Crippen LogP contribution < -0.4 is 0 Å². The summed E-state index contributed by atoms with van der Waals surface area (Å²) in [5, 5.41) is 0. The number of ketones is 1. The molecule has 2 heteroatoms. The van der Waals surface area contributed by atoms with E-state index in [9.17, 15) is 4.79 Å². The summed E-state index contributed by atoms with van der Waals surface area (Å²) in [5.41, 5.74) is 1.42. The van der Waals surface area contributed by atoms with E-state index >= 15 is 0 Å². The van der Waals surface area contributed by atoms with Gasteiger partial charge in [-0.15, -0.1) is 6.42 Å². The molecule has 0 fully saturated rings. The van der Waals surface area contributed by atoms with Gasteiger partial charge in [0.2, 0.25) is 5.78 Å². The Hall–Kier alpha value is -1.62. The molecule has 0 spiro atoms. The number of aryl methyl sites for hydroxylation is 1. The van der Waals surface area contributed by atoms with Gasteiger partial charge in [0.05, 0.1) is 0 Å². The Morgan fingerprint density at radius 3 is 2.91 bits per heavy atom. The van der Waals surface area contributed by atoms with Gasteiger partial charge in [0, 0.05) is 18.0 Å². The maximum Gasteiger partial charge on any atom is 0.237 e. The van der Waals surface area contributed by atoms with E-state index in [0.29, 0.717) is 5.56 Å². The molecule has 1 heterocycles. The number of pyridine rings is 1. The number of aromatic nitrogens is 1. The van der Waals surface area contributed by atoms with Crippen LogP contribution in [0.1, 0.15) is 15.9 Å². The van der Waals surface area contributed by atoms with Crippen molar-refractivity contribution in [3.05, 3.63) is 29.6 Å². The molecule has 0 N–H and O–H groups in total. The Balaban J connectivity index is 3.08. The van der Waals surface area contributed by atoms with Crippen molar-refractivity contribution >= 4 is 5.78 Å². The predicted molar refractivity (Wildman–Crippen MR) is 42.1 cm³/mol. The van der Waals surface area contributed by atoms with Crippen molar-refractivity contribution in [3.8, 4) is 12.3 Å². The molecule has 0 bridgehead atoms. The monoisotopic (exact) mass is 145 g/mol. The Bertz CT molecular complexity index is 323. The molecule has 54 valence electrons. The van der Waals surface area contributed by atoms with Gasteiger partial charge in [0.25, 0.3) is 0 Å². The van der Waals surface area contributed by atoms with Gasteiger partial charge in [0.1, 0.15) is 0 Å². The number of terminal acetylenes is 1. The summed E-state index contributed by atoms with van der Waals surface area (Å²) < 4.78 is 0. The van der Waals surface area contributed by atoms with Crippen LogP contribution in [0.25, 0.3) is 0 Å². The highest BCUT2D eigenvalue weighted by atomic mass is 16.1. The van der Waals surface area contributed by atoms with Crippen molar-refractivity contribution in [2.24, 2.45) is 0 Å². The Kier molecular flexibility index (Phi) is 2.03. The van der Waals surface area contributed by atoms with Gasteiger partial charge < -0.3 is 0 Å². The standard InChI is InChI=1S/C9H7NO/c1-3-9(11)8-4-7(2)5-10-6-8/h1,4-6H,2H3. The summed E-state index contributed by atoms with van der Waals surface area (Å²) in [6.45, 7) is 1.86. The maximum atomic E-state index is 10.9. The van der Waals surface area contributed by atoms with Crippen LogP contribution in [0.3, 0.4) is 0 Å². The van der Waals surface area contributed by atoms with Gasteiger partial charge in [-0.1, -0.05) is 0 Å². The molecule has 0 unspecified atom stereocenters. The first kappa shape index (κ1) is 7.49. The number of carbonyl (C=O) groups excluding carboxylic acids is 1. The molecule has 0 atom stereocenters. The van der Waals surface area contributed by atoms with Gasteiger partial charge in [-0.05, 0) is 24.5 Å². The van der Waals surface area contributed by atoms with Crippen LogP contribution in [-0.2, 0) is 0 Å². The molecule has 0 amide bonds. The van der Waals surface area contributed by atoms with E-state index < -0.39 is 0 Å².